The van der Waals surface area contributed by atoms with Crippen molar-refractivity contribution in [3.8, 4) is 0 Å². The minimum atomic E-state index is 0.0209. The monoisotopic (exact) mass is 437 g/mol. The Morgan fingerprint density at radius 3 is 2.74 bits per heavy atom. The molecule has 0 radical (unpaired) electrons. The first-order valence-corrected chi connectivity index (χ1v) is 11.0. The summed E-state index contributed by atoms with van der Waals surface area (Å²) in [4.78, 5) is 27.3. The number of nitrogens with two attached hydrogens (primary N) is 1. The number of hydrogen-bond acceptors (Lipinski definition) is 8. The Bertz CT molecular complexity index is 1170. The minimum Gasteiger partial charge on any atom is -0.398 e. The molecule has 0 aliphatic heterocycles. The second-order valence-electron chi connectivity index (χ2n) is 8.24. The van der Waals surface area contributed by atoms with E-state index < -0.39 is 0 Å². The van der Waals surface area contributed by atoms with Gasteiger partial charge in [-0.2, -0.15) is 0 Å². The maximum atomic E-state index is 12.5. The molecule has 3 aromatic rings. The number of hydrogen-bond donors (Lipinski definition) is 3. The number of rotatable bonds is 5. The quantitative estimate of drug-likeness (QED) is 0.417. The summed E-state index contributed by atoms with van der Waals surface area (Å²) in [6, 6.07) is 3.73. The number of amides is 1. The Morgan fingerprint density at radius 1 is 1.29 bits per heavy atom. The first-order chi connectivity index (χ1) is 14.8. The van der Waals surface area contributed by atoms with Gasteiger partial charge in [0.1, 0.15) is 17.0 Å². The molecule has 1 atom stereocenters. The van der Waals surface area contributed by atoms with Crippen molar-refractivity contribution < 1.29 is 4.79 Å². The molecular formula is C22H27N7OS. The van der Waals surface area contributed by atoms with Crippen LogP contribution in [-0.2, 0) is 17.6 Å². The van der Waals surface area contributed by atoms with Crippen molar-refractivity contribution in [2.75, 3.05) is 44.1 Å². The molecule has 162 valence electrons. The van der Waals surface area contributed by atoms with Crippen LogP contribution in [0.4, 0.5) is 22.9 Å². The number of thiophene rings is 1. The van der Waals surface area contributed by atoms with Crippen LogP contribution in [0, 0.1) is 11.3 Å². The molecule has 0 bridgehead atoms. The van der Waals surface area contributed by atoms with Crippen LogP contribution in [-0.4, -0.2) is 55.2 Å². The van der Waals surface area contributed by atoms with E-state index in [2.05, 4.69) is 15.3 Å². The molecule has 0 saturated heterocycles. The fourth-order valence-corrected chi connectivity index (χ4v) is 5.39. The van der Waals surface area contributed by atoms with Gasteiger partial charge in [-0.3, -0.25) is 4.79 Å². The Hall–Kier alpha value is -3.20. The van der Waals surface area contributed by atoms with Gasteiger partial charge in [0, 0.05) is 56.5 Å². The van der Waals surface area contributed by atoms with E-state index in [1.165, 1.54) is 16.7 Å². The minimum absolute atomic E-state index is 0.0209. The highest BCUT2D eigenvalue weighted by molar-refractivity contribution is 7.19. The van der Waals surface area contributed by atoms with Crippen LogP contribution in [0.2, 0.25) is 0 Å². The molecule has 2 heterocycles. The highest BCUT2D eigenvalue weighted by Crippen LogP contribution is 2.41. The number of aryl methyl sites for hydroxylation is 1. The number of benzene rings is 1. The zero-order valence-corrected chi connectivity index (χ0v) is 19.0. The van der Waals surface area contributed by atoms with Gasteiger partial charge in [0.05, 0.1) is 16.8 Å². The van der Waals surface area contributed by atoms with Crippen LogP contribution < -0.4 is 16.0 Å². The molecule has 1 aliphatic rings. The molecule has 0 fully saturated rings. The summed E-state index contributed by atoms with van der Waals surface area (Å²) in [5.41, 5.74) is 10.3. The van der Waals surface area contributed by atoms with Crippen molar-refractivity contribution in [3.63, 3.8) is 0 Å². The number of aromatic nitrogens is 2. The molecule has 31 heavy (non-hydrogen) atoms. The van der Waals surface area contributed by atoms with Crippen LogP contribution in [0.1, 0.15) is 22.4 Å². The van der Waals surface area contributed by atoms with Gasteiger partial charge in [-0.25, -0.2) is 9.97 Å². The SMILES string of the molecule is CN(C)C(=O)[C@H]1CCc2c(sc3ncnc(Nc4cc(C=N)c(N)cc4N(C)C)c23)C1. The van der Waals surface area contributed by atoms with Crippen LogP contribution in [0.3, 0.4) is 0 Å². The first kappa shape index (κ1) is 21.0. The third-order valence-corrected chi connectivity index (χ3v) is 6.89. The number of nitrogen functional groups attached to an aromatic ring is 1. The Balaban J connectivity index is 1.76. The molecule has 0 unspecified atom stereocenters. The van der Waals surface area contributed by atoms with Gasteiger partial charge in [-0.15, -0.1) is 11.3 Å². The number of anilines is 4. The molecule has 0 saturated carbocycles. The molecular weight excluding hydrogens is 410 g/mol. The molecule has 8 nitrogen and oxygen atoms in total. The van der Waals surface area contributed by atoms with Crippen LogP contribution in [0.25, 0.3) is 10.2 Å². The maximum absolute atomic E-state index is 12.5. The van der Waals surface area contributed by atoms with E-state index in [9.17, 15) is 4.79 Å². The van der Waals surface area contributed by atoms with E-state index in [-0.39, 0.29) is 11.8 Å². The van der Waals surface area contributed by atoms with E-state index in [1.54, 1.807) is 22.6 Å². The van der Waals surface area contributed by atoms with Crippen LogP contribution >= 0.6 is 11.3 Å². The molecule has 1 aliphatic carbocycles. The number of fused-ring (bicyclic) bond motifs is 3. The van der Waals surface area contributed by atoms with Crippen molar-refractivity contribution in [2.24, 2.45) is 5.92 Å². The van der Waals surface area contributed by atoms with E-state index in [0.29, 0.717) is 11.3 Å². The summed E-state index contributed by atoms with van der Waals surface area (Å²) < 4.78 is 0. The lowest BCUT2D eigenvalue weighted by molar-refractivity contribution is -0.133. The topological polar surface area (TPSA) is 111 Å². The van der Waals surface area contributed by atoms with Crippen LogP contribution in [0.5, 0.6) is 0 Å². The van der Waals surface area contributed by atoms with E-state index in [0.717, 1.165) is 46.7 Å². The summed E-state index contributed by atoms with van der Waals surface area (Å²) in [5, 5.41) is 12.1. The summed E-state index contributed by atoms with van der Waals surface area (Å²) in [6.45, 7) is 0. The van der Waals surface area contributed by atoms with Crippen molar-refractivity contribution in [3.05, 3.63) is 34.5 Å². The average Bonchev–Trinajstić information content (AvgIpc) is 3.12. The van der Waals surface area contributed by atoms with Gasteiger partial charge in [-0.05, 0) is 37.0 Å². The predicted molar refractivity (Wildman–Crippen MR) is 128 cm³/mol. The zero-order valence-electron chi connectivity index (χ0n) is 18.2. The fourth-order valence-electron chi connectivity index (χ4n) is 4.12. The number of carbonyl (C=O) groups is 1. The molecule has 1 aromatic carbocycles. The smallest absolute Gasteiger partial charge is 0.225 e. The lowest BCUT2D eigenvalue weighted by Crippen LogP contribution is -2.32. The number of nitrogens with one attached hydrogen (secondary N) is 2. The van der Waals surface area contributed by atoms with Crippen molar-refractivity contribution in [1.29, 1.82) is 5.41 Å². The molecule has 4 N–H and O–H groups in total. The summed E-state index contributed by atoms with van der Waals surface area (Å²) >= 11 is 1.65. The second-order valence-corrected chi connectivity index (χ2v) is 9.32. The third kappa shape index (κ3) is 3.81. The van der Waals surface area contributed by atoms with E-state index in [4.69, 9.17) is 11.1 Å². The van der Waals surface area contributed by atoms with Gasteiger partial charge >= 0.3 is 0 Å². The molecule has 2 aromatic heterocycles. The summed E-state index contributed by atoms with van der Waals surface area (Å²) in [5.74, 6) is 0.945. The standard InChI is InChI=1S/C22H27N7OS/c1-28(2)17-9-15(24)13(10-23)7-16(17)27-20-19-14-6-5-12(22(30)29(3)4)8-18(14)31-21(19)26-11-25-20/h7,9-12,23H,5-6,8,24H2,1-4H3,(H,25,26,27)/t12-/m0/s1. The predicted octanol–water partition coefficient (Wildman–Crippen LogP) is 3.27. The van der Waals surface area contributed by atoms with E-state index >= 15 is 0 Å². The van der Waals surface area contributed by atoms with Gasteiger partial charge in [-0.1, -0.05) is 0 Å². The van der Waals surface area contributed by atoms with E-state index in [1.807, 2.05) is 45.2 Å². The largest absolute Gasteiger partial charge is 0.398 e. The zero-order chi connectivity index (χ0) is 22.3. The average molecular weight is 438 g/mol. The van der Waals surface area contributed by atoms with Crippen molar-refractivity contribution in [1.82, 2.24) is 14.9 Å². The molecule has 9 heteroatoms. The second kappa shape index (κ2) is 8.14. The Morgan fingerprint density at radius 2 is 2.06 bits per heavy atom. The van der Waals surface area contributed by atoms with Gasteiger partial charge in [0.15, 0.2) is 0 Å². The van der Waals surface area contributed by atoms with Crippen molar-refractivity contribution >= 4 is 56.6 Å². The summed E-state index contributed by atoms with van der Waals surface area (Å²) in [7, 11) is 7.53. The van der Waals surface area contributed by atoms with Gasteiger partial charge in [0.25, 0.3) is 0 Å². The third-order valence-electron chi connectivity index (χ3n) is 5.73. The van der Waals surface area contributed by atoms with Gasteiger partial charge in [0.2, 0.25) is 5.91 Å². The molecule has 0 spiro atoms. The van der Waals surface area contributed by atoms with Gasteiger partial charge < -0.3 is 26.3 Å². The maximum Gasteiger partial charge on any atom is 0.225 e. The normalized spacial score (nSPS) is 15.4. The molecule has 1 amide bonds. The number of nitrogens with zero attached hydrogens (tertiary/aromatic N) is 4. The Kier molecular flexibility index (Phi) is 5.53. The Labute approximate surface area is 185 Å². The van der Waals surface area contributed by atoms with Crippen LogP contribution in [0.15, 0.2) is 18.5 Å². The lowest BCUT2D eigenvalue weighted by atomic mass is 9.87. The van der Waals surface area contributed by atoms with Crippen molar-refractivity contribution in [2.45, 2.75) is 19.3 Å². The molecule has 4 rings (SSSR count). The highest BCUT2D eigenvalue weighted by atomic mass is 32.1. The number of carbonyl (C=O) groups excluding carboxylic acids is 1. The summed E-state index contributed by atoms with van der Waals surface area (Å²) in [6.07, 6.45) is 5.22. The highest BCUT2D eigenvalue weighted by Gasteiger charge is 2.30. The first-order valence-electron chi connectivity index (χ1n) is 10.1. The fraction of sp³-hybridized carbons (Fsp3) is 0.364. The lowest BCUT2D eigenvalue weighted by Gasteiger charge is -2.24.